The van der Waals surface area contributed by atoms with Crippen molar-refractivity contribution in [3.8, 4) is 0 Å². The Bertz CT molecular complexity index is 460. The van der Waals surface area contributed by atoms with E-state index in [1.54, 1.807) is 19.2 Å². The topological polar surface area (TPSA) is 45.2 Å². The van der Waals surface area contributed by atoms with Crippen molar-refractivity contribution < 1.29 is 4.79 Å². The molecule has 104 valence electrons. The maximum atomic E-state index is 12.5. The Morgan fingerprint density at radius 1 is 1.53 bits per heavy atom. The maximum Gasteiger partial charge on any atom is 0.254 e. The normalized spacial score (nSPS) is 14.9. The minimum atomic E-state index is 0.0372. The molecular formula is C14H20ClN3O. The minimum Gasteiger partial charge on any atom is -0.373 e. The van der Waals surface area contributed by atoms with E-state index in [0.717, 1.165) is 13.1 Å². The highest BCUT2D eigenvalue weighted by Gasteiger charge is 2.23. The first-order chi connectivity index (χ1) is 9.13. The molecule has 0 spiro atoms. The molecule has 1 amide bonds. The van der Waals surface area contributed by atoms with Gasteiger partial charge in [0.1, 0.15) is 11.0 Å². The van der Waals surface area contributed by atoms with E-state index in [-0.39, 0.29) is 5.91 Å². The van der Waals surface area contributed by atoms with E-state index in [4.69, 9.17) is 11.6 Å². The number of nitrogens with one attached hydrogen (secondary N) is 1. The molecule has 1 aromatic heterocycles. The number of hydrogen-bond donors (Lipinski definition) is 1. The number of aromatic nitrogens is 1. The van der Waals surface area contributed by atoms with E-state index in [1.165, 1.54) is 19.3 Å². The standard InChI is InChI=1S/C14H20ClN3O/c1-3-18(9-10-5-4-6-10)14(19)11-7-12(15)17-13(8-11)16-2/h7-8,10H,3-6,9H2,1-2H3,(H,16,17). The van der Waals surface area contributed by atoms with Crippen molar-refractivity contribution in [3.63, 3.8) is 0 Å². The van der Waals surface area contributed by atoms with Gasteiger partial charge in [0.05, 0.1) is 0 Å². The average Bonchev–Trinajstić information content (AvgIpc) is 2.36. The number of halogens is 1. The van der Waals surface area contributed by atoms with Crippen LogP contribution in [0.25, 0.3) is 0 Å². The van der Waals surface area contributed by atoms with Crippen molar-refractivity contribution in [3.05, 3.63) is 22.8 Å². The van der Waals surface area contributed by atoms with Crippen LogP contribution in [0.15, 0.2) is 12.1 Å². The number of carbonyl (C=O) groups excluding carboxylic acids is 1. The molecule has 1 saturated carbocycles. The van der Waals surface area contributed by atoms with E-state index in [1.807, 2.05) is 11.8 Å². The van der Waals surface area contributed by atoms with Crippen molar-refractivity contribution in [2.75, 3.05) is 25.5 Å². The Morgan fingerprint density at radius 2 is 2.26 bits per heavy atom. The van der Waals surface area contributed by atoms with Gasteiger partial charge in [0.15, 0.2) is 0 Å². The lowest BCUT2D eigenvalue weighted by atomic mass is 9.85. The molecular weight excluding hydrogens is 262 g/mol. The molecule has 0 aliphatic heterocycles. The van der Waals surface area contributed by atoms with Gasteiger partial charge < -0.3 is 10.2 Å². The fourth-order valence-corrected chi connectivity index (χ4v) is 2.48. The van der Waals surface area contributed by atoms with E-state index < -0.39 is 0 Å². The molecule has 1 aliphatic carbocycles. The van der Waals surface area contributed by atoms with Gasteiger partial charge in [0.25, 0.3) is 5.91 Å². The summed E-state index contributed by atoms with van der Waals surface area (Å²) in [6, 6.07) is 3.38. The molecule has 0 aromatic carbocycles. The van der Waals surface area contributed by atoms with Crippen LogP contribution in [0.4, 0.5) is 5.82 Å². The predicted molar refractivity (Wildman–Crippen MR) is 77.7 cm³/mol. The second-order valence-electron chi connectivity index (χ2n) is 4.95. The van der Waals surface area contributed by atoms with Gasteiger partial charge in [-0.25, -0.2) is 4.98 Å². The van der Waals surface area contributed by atoms with Crippen LogP contribution in [0.5, 0.6) is 0 Å². The molecule has 1 N–H and O–H groups in total. The largest absolute Gasteiger partial charge is 0.373 e. The summed E-state index contributed by atoms with van der Waals surface area (Å²) in [5.74, 6) is 1.33. The summed E-state index contributed by atoms with van der Waals surface area (Å²) in [6.45, 7) is 3.59. The van der Waals surface area contributed by atoms with Crippen LogP contribution in [0.1, 0.15) is 36.5 Å². The lowest BCUT2D eigenvalue weighted by Gasteiger charge is -2.31. The predicted octanol–water partition coefficient (Wildman–Crippen LogP) is 3.04. The lowest BCUT2D eigenvalue weighted by molar-refractivity contribution is 0.0706. The van der Waals surface area contributed by atoms with Crippen LogP contribution in [0.2, 0.25) is 5.15 Å². The number of amides is 1. The van der Waals surface area contributed by atoms with Crippen LogP contribution in [0, 0.1) is 5.92 Å². The maximum absolute atomic E-state index is 12.5. The molecule has 2 rings (SSSR count). The molecule has 1 aliphatic rings. The number of nitrogens with zero attached hydrogens (tertiary/aromatic N) is 2. The number of carbonyl (C=O) groups is 1. The van der Waals surface area contributed by atoms with E-state index in [0.29, 0.717) is 22.5 Å². The summed E-state index contributed by atoms with van der Waals surface area (Å²) in [5.41, 5.74) is 0.602. The molecule has 0 saturated heterocycles. The van der Waals surface area contributed by atoms with Gasteiger partial charge in [-0.3, -0.25) is 4.79 Å². The van der Waals surface area contributed by atoms with Gasteiger partial charge in [-0.2, -0.15) is 0 Å². The minimum absolute atomic E-state index is 0.0372. The fraction of sp³-hybridized carbons (Fsp3) is 0.571. The third-order valence-electron chi connectivity index (χ3n) is 3.67. The first kappa shape index (κ1) is 14.1. The van der Waals surface area contributed by atoms with Crippen molar-refractivity contribution in [1.82, 2.24) is 9.88 Å². The quantitative estimate of drug-likeness (QED) is 0.844. The molecule has 0 radical (unpaired) electrons. The van der Waals surface area contributed by atoms with E-state index in [2.05, 4.69) is 10.3 Å². The molecule has 0 bridgehead atoms. The van der Waals surface area contributed by atoms with Crippen LogP contribution < -0.4 is 5.32 Å². The summed E-state index contributed by atoms with van der Waals surface area (Å²) in [6.07, 6.45) is 3.77. The highest BCUT2D eigenvalue weighted by Crippen LogP contribution is 2.27. The van der Waals surface area contributed by atoms with Gasteiger partial charge in [-0.15, -0.1) is 0 Å². The summed E-state index contributed by atoms with van der Waals surface area (Å²) in [5, 5.41) is 3.26. The zero-order chi connectivity index (χ0) is 13.8. The molecule has 0 unspecified atom stereocenters. The highest BCUT2D eigenvalue weighted by atomic mass is 35.5. The second kappa shape index (κ2) is 6.24. The third kappa shape index (κ3) is 3.38. The number of hydrogen-bond acceptors (Lipinski definition) is 3. The first-order valence-corrected chi connectivity index (χ1v) is 7.16. The van der Waals surface area contributed by atoms with Gasteiger partial charge in [0, 0.05) is 25.7 Å². The van der Waals surface area contributed by atoms with Crippen molar-refractivity contribution in [1.29, 1.82) is 0 Å². The average molecular weight is 282 g/mol. The van der Waals surface area contributed by atoms with Crippen molar-refractivity contribution >= 4 is 23.3 Å². The summed E-state index contributed by atoms with van der Waals surface area (Å²) in [4.78, 5) is 18.5. The van der Waals surface area contributed by atoms with Gasteiger partial charge in [-0.1, -0.05) is 18.0 Å². The molecule has 1 heterocycles. The van der Waals surface area contributed by atoms with Gasteiger partial charge >= 0.3 is 0 Å². The molecule has 0 atom stereocenters. The van der Waals surface area contributed by atoms with Crippen LogP contribution in [-0.2, 0) is 0 Å². The van der Waals surface area contributed by atoms with Crippen LogP contribution in [0.3, 0.4) is 0 Å². The smallest absolute Gasteiger partial charge is 0.254 e. The fourth-order valence-electron chi connectivity index (χ4n) is 2.27. The number of pyridine rings is 1. The summed E-state index contributed by atoms with van der Waals surface area (Å²) in [7, 11) is 1.76. The second-order valence-corrected chi connectivity index (χ2v) is 5.34. The Morgan fingerprint density at radius 3 is 2.79 bits per heavy atom. The monoisotopic (exact) mass is 281 g/mol. The Labute approximate surface area is 119 Å². The first-order valence-electron chi connectivity index (χ1n) is 6.78. The van der Waals surface area contributed by atoms with Crippen LogP contribution >= 0.6 is 11.6 Å². The summed E-state index contributed by atoms with van der Waals surface area (Å²) < 4.78 is 0. The van der Waals surface area contributed by atoms with Gasteiger partial charge in [-0.05, 0) is 37.8 Å². The van der Waals surface area contributed by atoms with Crippen molar-refractivity contribution in [2.24, 2.45) is 5.92 Å². The SMILES string of the molecule is CCN(CC1CCC1)C(=O)c1cc(Cl)nc(NC)c1. The van der Waals surface area contributed by atoms with Crippen molar-refractivity contribution in [2.45, 2.75) is 26.2 Å². The highest BCUT2D eigenvalue weighted by molar-refractivity contribution is 6.29. The van der Waals surface area contributed by atoms with E-state index in [9.17, 15) is 4.79 Å². The number of anilines is 1. The number of rotatable bonds is 5. The zero-order valence-corrected chi connectivity index (χ0v) is 12.2. The van der Waals surface area contributed by atoms with Crippen LogP contribution in [-0.4, -0.2) is 35.9 Å². The van der Waals surface area contributed by atoms with Gasteiger partial charge in [0.2, 0.25) is 0 Å². The molecule has 4 nitrogen and oxygen atoms in total. The third-order valence-corrected chi connectivity index (χ3v) is 3.86. The molecule has 1 fully saturated rings. The lowest BCUT2D eigenvalue weighted by Crippen LogP contribution is -2.37. The van der Waals surface area contributed by atoms with E-state index >= 15 is 0 Å². The molecule has 1 aromatic rings. The Balaban J connectivity index is 2.13. The zero-order valence-electron chi connectivity index (χ0n) is 11.4. The summed E-state index contributed by atoms with van der Waals surface area (Å²) >= 11 is 5.94. The molecule has 5 heteroatoms. The Kier molecular flexibility index (Phi) is 4.64. The Hall–Kier alpha value is -1.29. The molecule has 19 heavy (non-hydrogen) atoms.